The van der Waals surface area contributed by atoms with Crippen LogP contribution < -0.4 is 16.4 Å². The van der Waals surface area contributed by atoms with Gasteiger partial charge >= 0.3 is 0 Å². The van der Waals surface area contributed by atoms with Gasteiger partial charge in [0.25, 0.3) is 0 Å². The van der Waals surface area contributed by atoms with E-state index in [4.69, 9.17) is 5.73 Å². The Morgan fingerprint density at radius 2 is 1.79 bits per heavy atom. The summed E-state index contributed by atoms with van der Waals surface area (Å²) in [5.41, 5.74) is 6.20. The van der Waals surface area contributed by atoms with Crippen molar-refractivity contribution in [3.05, 3.63) is 11.9 Å². The van der Waals surface area contributed by atoms with Gasteiger partial charge in [0.15, 0.2) is 0 Å². The number of nitrogens with zero attached hydrogens (tertiary/aromatic N) is 2. The van der Waals surface area contributed by atoms with Crippen LogP contribution >= 0.6 is 0 Å². The number of amides is 1. The number of hydrogen-bond donors (Lipinski definition) is 3. The summed E-state index contributed by atoms with van der Waals surface area (Å²) < 4.78 is 0. The van der Waals surface area contributed by atoms with Crippen molar-refractivity contribution in [1.29, 1.82) is 0 Å². The number of rotatable bonds is 9. The van der Waals surface area contributed by atoms with E-state index in [1.807, 2.05) is 0 Å². The second-order valence-electron chi connectivity index (χ2n) is 4.37. The predicted octanol–water partition coefficient (Wildman–Crippen LogP) is 1.54. The quantitative estimate of drug-likeness (QED) is 0.629. The summed E-state index contributed by atoms with van der Waals surface area (Å²) in [6.45, 7) is 5.61. The van der Waals surface area contributed by atoms with Gasteiger partial charge in [-0.05, 0) is 12.8 Å². The Labute approximate surface area is 114 Å². The van der Waals surface area contributed by atoms with Gasteiger partial charge < -0.3 is 16.4 Å². The lowest BCUT2D eigenvalue weighted by Crippen LogP contribution is -2.17. The molecule has 106 valence electrons. The topological polar surface area (TPSA) is 92.9 Å². The summed E-state index contributed by atoms with van der Waals surface area (Å²) in [6.07, 6.45) is 4.78. The van der Waals surface area contributed by atoms with Crippen LogP contribution in [0, 0.1) is 0 Å². The average molecular weight is 265 g/mol. The molecule has 0 aromatic carbocycles. The molecule has 0 atom stereocenters. The molecule has 0 bridgehead atoms. The predicted molar refractivity (Wildman–Crippen MR) is 77.1 cm³/mol. The number of primary amides is 1. The van der Waals surface area contributed by atoms with Crippen LogP contribution in [0.3, 0.4) is 0 Å². The molecule has 0 aliphatic rings. The van der Waals surface area contributed by atoms with E-state index in [-0.39, 0.29) is 5.91 Å². The van der Waals surface area contributed by atoms with E-state index in [9.17, 15) is 4.79 Å². The van der Waals surface area contributed by atoms with E-state index in [2.05, 4.69) is 34.4 Å². The first kappa shape index (κ1) is 15.2. The van der Waals surface area contributed by atoms with Crippen molar-refractivity contribution in [1.82, 2.24) is 9.97 Å². The second-order valence-corrected chi connectivity index (χ2v) is 4.37. The van der Waals surface area contributed by atoms with Crippen molar-refractivity contribution in [3.63, 3.8) is 0 Å². The van der Waals surface area contributed by atoms with Crippen LogP contribution in [0.5, 0.6) is 0 Å². The molecule has 1 aromatic heterocycles. The number of nitrogens with two attached hydrogens (primary N) is 1. The van der Waals surface area contributed by atoms with Crippen LogP contribution in [0.2, 0.25) is 0 Å². The Morgan fingerprint density at radius 1 is 1.16 bits per heavy atom. The molecule has 1 amide bonds. The fourth-order valence-electron chi connectivity index (χ4n) is 1.75. The molecule has 1 aromatic rings. The van der Waals surface area contributed by atoms with Crippen LogP contribution in [0.15, 0.2) is 6.33 Å². The highest BCUT2D eigenvalue weighted by molar-refractivity contribution is 5.74. The number of anilines is 2. The zero-order chi connectivity index (χ0) is 14.1. The lowest BCUT2D eigenvalue weighted by Gasteiger charge is -2.14. The minimum Gasteiger partial charge on any atom is -0.370 e. The lowest BCUT2D eigenvalue weighted by molar-refractivity contribution is -0.117. The molecule has 19 heavy (non-hydrogen) atoms. The minimum absolute atomic E-state index is 0.299. The Morgan fingerprint density at radius 3 is 2.32 bits per heavy atom. The van der Waals surface area contributed by atoms with Crippen molar-refractivity contribution >= 4 is 17.5 Å². The Kier molecular flexibility index (Phi) is 6.63. The highest BCUT2D eigenvalue weighted by Gasteiger charge is 2.10. The van der Waals surface area contributed by atoms with Crippen LogP contribution in [-0.2, 0) is 11.2 Å². The highest BCUT2D eigenvalue weighted by Crippen LogP contribution is 2.21. The number of carbonyl (C=O) groups excluding carboxylic acids is 1. The van der Waals surface area contributed by atoms with Crippen LogP contribution in [-0.4, -0.2) is 29.0 Å². The first-order valence-corrected chi connectivity index (χ1v) is 6.78. The van der Waals surface area contributed by atoms with Gasteiger partial charge in [0, 0.05) is 25.1 Å². The monoisotopic (exact) mass is 265 g/mol. The standard InChI is InChI=1S/C13H23N5O/c1-3-5-10-12(15-7-4-2)17-9-18-13(10)16-8-6-11(14)19/h9H,3-8H2,1-2H3,(H2,14,19)(H2,15,16,17,18). The zero-order valence-corrected chi connectivity index (χ0v) is 11.7. The van der Waals surface area contributed by atoms with E-state index < -0.39 is 0 Å². The fourth-order valence-corrected chi connectivity index (χ4v) is 1.75. The van der Waals surface area contributed by atoms with Gasteiger partial charge in [-0.3, -0.25) is 4.79 Å². The molecule has 0 saturated heterocycles. The van der Waals surface area contributed by atoms with Gasteiger partial charge in [0.2, 0.25) is 5.91 Å². The summed E-state index contributed by atoms with van der Waals surface area (Å²) >= 11 is 0. The number of carbonyl (C=O) groups is 1. The second kappa shape index (κ2) is 8.29. The van der Waals surface area contributed by atoms with E-state index in [0.717, 1.165) is 43.0 Å². The highest BCUT2D eigenvalue weighted by atomic mass is 16.1. The third-order valence-electron chi connectivity index (χ3n) is 2.65. The molecular weight excluding hydrogens is 242 g/mol. The number of hydrogen-bond acceptors (Lipinski definition) is 5. The van der Waals surface area contributed by atoms with Crippen LogP contribution in [0.25, 0.3) is 0 Å². The summed E-state index contributed by atoms with van der Waals surface area (Å²) in [5.74, 6) is 1.35. The van der Waals surface area contributed by atoms with E-state index in [0.29, 0.717) is 13.0 Å². The normalized spacial score (nSPS) is 10.2. The molecule has 0 aliphatic carbocycles. The Bertz CT molecular complexity index is 408. The Hall–Kier alpha value is -1.85. The van der Waals surface area contributed by atoms with Gasteiger partial charge in [-0.2, -0.15) is 0 Å². The molecule has 0 radical (unpaired) electrons. The first-order chi connectivity index (χ1) is 9.19. The van der Waals surface area contributed by atoms with Crippen LogP contribution in [0.4, 0.5) is 11.6 Å². The maximum Gasteiger partial charge on any atom is 0.219 e. The maximum absolute atomic E-state index is 10.7. The molecule has 0 aliphatic heterocycles. The summed E-state index contributed by atoms with van der Waals surface area (Å²) in [7, 11) is 0. The fraction of sp³-hybridized carbons (Fsp3) is 0.615. The van der Waals surface area contributed by atoms with Gasteiger partial charge in [-0.25, -0.2) is 9.97 Å². The molecule has 6 heteroatoms. The van der Waals surface area contributed by atoms with Crippen molar-refractivity contribution < 1.29 is 4.79 Å². The third-order valence-corrected chi connectivity index (χ3v) is 2.65. The molecule has 1 heterocycles. The summed E-state index contributed by atoms with van der Waals surface area (Å²) in [4.78, 5) is 19.3. The molecule has 6 nitrogen and oxygen atoms in total. The summed E-state index contributed by atoms with van der Waals surface area (Å²) in [5, 5.41) is 6.46. The minimum atomic E-state index is -0.317. The van der Waals surface area contributed by atoms with Crippen LogP contribution in [0.1, 0.15) is 38.7 Å². The number of nitrogens with one attached hydrogen (secondary N) is 2. The third kappa shape index (κ3) is 5.11. The van der Waals surface area contributed by atoms with E-state index >= 15 is 0 Å². The van der Waals surface area contributed by atoms with Gasteiger partial charge in [-0.15, -0.1) is 0 Å². The van der Waals surface area contributed by atoms with Crippen molar-refractivity contribution in [2.45, 2.75) is 39.5 Å². The number of aromatic nitrogens is 2. The molecular formula is C13H23N5O. The SMILES string of the molecule is CCCNc1ncnc(NCCC(N)=O)c1CCC. The van der Waals surface area contributed by atoms with E-state index in [1.54, 1.807) is 0 Å². The molecule has 0 unspecified atom stereocenters. The molecule has 4 N–H and O–H groups in total. The van der Waals surface area contributed by atoms with Crippen molar-refractivity contribution in [2.75, 3.05) is 23.7 Å². The molecule has 0 fully saturated rings. The first-order valence-electron chi connectivity index (χ1n) is 6.78. The maximum atomic E-state index is 10.7. The van der Waals surface area contributed by atoms with Crippen molar-refractivity contribution in [2.24, 2.45) is 5.73 Å². The average Bonchev–Trinajstić information content (AvgIpc) is 2.38. The zero-order valence-electron chi connectivity index (χ0n) is 11.7. The largest absolute Gasteiger partial charge is 0.370 e. The van der Waals surface area contributed by atoms with Crippen molar-refractivity contribution in [3.8, 4) is 0 Å². The Balaban J connectivity index is 2.79. The van der Waals surface area contributed by atoms with Gasteiger partial charge in [0.05, 0.1) is 0 Å². The van der Waals surface area contributed by atoms with Gasteiger partial charge in [-0.1, -0.05) is 20.3 Å². The molecule has 1 rings (SSSR count). The smallest absolute Gasteiger partial charge is 0.219 e. The molecule has 0 saturated carbocycles. The van der Waals surface area contributed by atoms with Gasteiger partial charge in [0.1, 0.15) is 18.0 Å². The molecule has 0 spiro atoms. The lowest BCUT2D eigenvalue weighted by atomic mass is 10.1. The van der Waals surface area contributed by atoms with E-state index in [1.165, 1.54) is 6.33 Å². The summed E-state index contributed by atoms with van der Waals surface area (Å²) in [6, 6.07) is 0.